The average Bonchev–Trinajstić information content (AvgIpc) is 3.22. The fourth-order valence-corrected chi connectivity index (χ4v) is 4.02. The van der Waals surface area contributed by atoms with Crippen LogP contribution < -0.4 is 5.32 Å². The number of hydrogen-bond acceptors (Lipinski definition) is 3. The van der Waals surface area contributed by atoms with E-state index < -0.39 is 0 Å². The number of rotatable bonds is 2. The van der Waals surface area contributed by atoms with E-state index in [1.165, 1.54) is 11.1 Å². The highest BCUT2D eigenvalue weighted by Crippen LogP contribution is 2.43. The molecule has 0 bridgehead atoms. The molecule has 0 radical (unpaired) electrons. The van der Waals surface area contributed by atoms with Gasteiger partial charge in [0.15, 0.2) is 5.69 Å². The number of benzene rings is 2. The van der Waals surface area contributed by atoms with Crippen molar-refractivity contribution in [1.29, 1.82) is 0 Å². The Hall–Kier alpha value is -2.92. The molecule has 2 heterocycles. The molecule has 26 heavy (non-hydrogen) atoms. The second-order valence-electron chi connectivity index (χ2n) is 7.06. The van der Waals surface area contributed by atoms with Crippen molar-refractivity contribution in [1.82, 2.24) is 20.0 Å². The lowest BCUT2D eigenvalue weighted by Crippen LogP contribution is -2.30. The summed E-state index contributed by atoms with van der Waals surface area (Å²) in [4.78, 5) is 15.2. The predicted molar refractivity (Wildman–Crippen MR) is 99.7 cm³/mol. The maximum Gasteiger partial charge on any atom is 0.272 e. The number of hydrogen-bond donors (Lipinski definition) is 1. The molecule has 1 N–H and O–H groups in total. The van der Waals surface area contributed by atoms with Gasteiger partial charge in [0.1, 0.15) is 0 Å². The van der Waals surface area contributed by atoms with E-state index >= 15 is 0 Å². The number of aromatic nitrogens is 2. The number of carbonyl (C=O) groups excluding carboxylic acids is 1. The third-order valence-electron chi connectivity index (χ3n) is 5.33. The first kappa shape index (κ1) is 15.3. The Balaban J connectivity index is 1.47. The van der Waals surface area contributed by atoms with E-state index in [0.29, 0.717) is 5.69 Å². The first-order valence-corrected chi connectivity index (χ1v) is 8.95. The Morgan fingerprint density at radius 3 is 2.38 bits per heavy atom. The van der Waals surface area contributed by atoms with Gasteiger partial charge in [-0.15, -0.1) is 0 Å². The Morgan fingerprint density at radius 1 is 1.04 bits per heavy atom. The molecule has 130 valence electrons. The third kappa shape index (κ3) is 2.35. The number of nitrogens with one attached hydrogen (secondary N) is 1. The van der Waals surface area contributed by atoms with Crippen molar-refractivity contribution in [3.8, 4) is 11.1 Å². The molecule has 0 atom stereocenters. The van der Waals surface area contributed by atoms with Crippen molar-refractivity contribution in [2.24, 2.45) is 0 Å². The summed E-state index contributed by atoms with van der Waals surface area (Å²) >= 11 is 0. The van der Waals surface area contributed by atoms with E-state index in [9.17, 15) is 4.79 Å². The normalized spacial score (nSPS) is 16.0. The van der Waals surface area contributed by atoms with E-state index in [4.69, 9.17) is 0 Å². The fourth-order valence-electron chi connectivity index (χ4n) is 4.02. The maximum atomic E-state index is 12.9. The van der Waals surface area contributed by atoms with Gasteiger partial charge < -0.3 is 5.32 Å². The summed E-state index contributed by atoms with van der Waals surface area (Å²) in [7, 11) is 2.09. The highest BCUT2D eigenvalue weighted by molar-refractivity contribution is 5.94. The Labute approximate surface area is 152 Å². The smallest absolute Gasteiger partial charge is 0.272 e. The lowest BCUT2D eigenvalue weighted by atomic mass is 10.1. The van der Waals surface area contributed by atoms with E-state index in [1.807, 2.05) is 35.0 Å². The van der Waals surface area contributed by atoms with E-state index in [2.05, 4.69) is 46.6 Å². The van der Waals surface area contributed by atoms with Gasteiger partial charge in [-0.3, -0.25) is 14.4 Å². The van der Waals surface area contributed by atoms with Gasteiger partial charge >= 0.3 is 0 Å². The van der Waals surface area contributed by atoms with Gasteiger partial charge in [-0.05, 0) is 35.4 Å². The minimum absolute atomic E-state index is 0.119. The molecule has 1 aromatic heterocycles. The number of carbonyl (C=O) groups is 1. The second kappa shape index (κ2) is 5.81. The second-order valence-corrected chi connectivity index (χ2v) is 7.06. The highest BCUT2D eigenvalue weighted by atomic mass is 16.2. The maximum absolute atomic E-state index is 12.9. The van der Waals surface area contributed by atoms with Crippen molar-refractivity contribution < 1.29 is 4.79 Å². The third-order valence-corrected chi connectivity index (χ3v) is 5.33. The zero-order valence-electron chi connectivity index (χ0n) is 14.6. The van der Waals surface area contributed by atoms with Crippen molar-refractivity contribution in [2.75, 3.05) is 13.6 Å². The van der Waals surface area contributed by atoms with Crippen LogP contribution in [0, 0.1) is 0 Å². The summed E-state index contributed by atoms with van der Waals surface area (Å²) in [5.41, 5.74) is 6.27. The van der Waals surface area contributed by atoms with Crippen LogP contribution in [0.25, 0.3) is 11.1 Å². The van der Waals surface area contributed by atoms with Gasteiger partial charge in [0.25, 0.3) is 5.91 Å². The summed E-state index contributed by atoms with van der Waals surface area (Å²) in [5.74, 6) is -0.119. The molecule has 0 fully saturated rings. The summed E-state index contributed by atoms with van der Waals surface area (Å²) in [6.07, 6.45) is 0. The number of fused-ring (bicyclic) bond motifs is 4. The van der Waals surface area contributed by atoms with Crippen molar-refractivity contribution in [3.05, 3.63) is 77.1 Å². The van der Waals surface area contributed by atoms with Gasteiger partial charge in [-0.1, -0.05) is 48.5 Å². The van der Waals surface area contributed by atoms with Crippen LogP contribution in [0.15, 0.2) is 54.6 Å². The predicted octanol–water partition coefficient (Wildman–Crippen LogP) is 2.83. The van der Waals surface area contributed by atoms with Gasteiger partial charge in [-0.2, -0.15) is 5.10 Å². The van der Waals surface area contributed by atoms with Crippen LogP contribution in [0.3, 0.4) is 0 Å². The van der Waals surface area contributed by atoms with E-state index in [1.54, 1.807) is 0 Å². The Morgan fingerprint density at radius 2 is 1.69 bits per heavy atom. The first-order chi connectivity index (χ1) is 12.7. The summed E-state index contributed by atoms with van der Waals surface area (Å²) in [6, 6.07) is 18.3. The van der Waals surface area contributed by atoms with E-state index in [0.717, 1.165) is 36.5 Å². The molecule has 1 aliphatic heterocycles. The van der Waals surface area contributed by atoms with Crippen LogP contribution in [-0.4, -0.2) is 34.2 Å². The number of likely N-dealkylation sites (N-methyl/N-ethyl adjacent to an activating group) is 1. The molecule has 2 aromatic carbocycles. The van der Waals surface area contributed by atoms with Crippen LogP contribution in [0.1, 0.15) is 33.4 Å². The van der Waals surface area contributed by atoms with Crippen molar-refractivity contribution in [3.63, 3.8) is 0 Å². The van der Waals surface area contributed by atoms with Crippen LogP contribution in [0.2, 0.25) is 0 Å². The first-order valence-electron chi connectivity index (χ1n) is 8.95. The lowest BCUT2D eigenvalue weighted by molar-refractivity contribution is 0.0937. The van der Waals surface area contributed by atoms with Crippen molar-refractivity contribution in [2.45, 2.75) is 19.1 Å². The highest BCUT2D eigenvalue weighted by Gasteiger charge is 2.30. The largest absolute Gasteiger partial charge is 0.340 e. The summed E-state index contributed by atoms with van der Waals surface area (Å²) in [5, 5.41) is 7.72. The van der Waals surface area contributed by atoms with Crippen LogP contribution in [0.4, 0.5) is 0 Å². The number of amides is 1. The molecule has 1 aliphatic carbocycles. The minimum atomic E-state index is -0.128. The van der Waals surface area contributed by atoms with Crippen LogP contribution >= 0.6 is 0 Å². The van der Waals surface area contributed by atoms with Gasteiger partial charge in [0, 0.05) is 13.1 Å². The van der Waals surface area contributed by atoms with E-state index in [-0.39, 0.29) is 11.9 Å². The molecule has 0 saturated carbocycles. The minimum Gasteiger partial charge on any atom is -0.340 e. The van der Waals surface area contributed by atoms with Crippen LogP contribution in [0.5, 0.6) is 0 Å². The molecule has 1 amide bonds. The molecule has 5 nitrogen and oxygen atoms in total. The average molecular weight is 344 g/mol. The van der Waals surface area contributed by atoms with Gasteiger partial charge in [0.05, 0.1) is 18.3 Å². The topological polar surface area (TPSA) is 50.2 Å². The molecule has 5 rings (SSSR count). The fraction of sp³-hybridized carbons (Fsp3) is 0.238. The molecular weight excluding hydrogens is 324 g/mol. The Kier molecular flexibility index (Phi) is 3.43. The zero-order valence-corrected chi connectivity index (χ0v) is 14.6. The molecule has 0 spiro atoms. The van der Waals surface area contributed by atoms with Gasteiger partial charge in [0.2, 0.25) is 0 Å². The van der Waals surface area contributed by atoms with Crippen LogP contribution in [-0.2, 0) is 13.1 Å². The lowest BCUT2D eigenvalue weighted by Gasteiger charge is -2.22. The Bertz CT molecular complexity index is 961. The summed E-state index contributed by atoms with van der Waals surface area (Å²) < 4.78 is 1.95. The molecule has 3 aromatic rings. The monoisotopic (exact) mass is 344 g/mol. The van der Waals surface area contributed by atoms with Crippen molar-refractivity contribution >= 4 is 5.91 Å². The number of nitrogens with zero attached hydrogens (tertiary/aromatic N) is 3. The molecule has 0 unspecified atom stereocenters. The zero-order chi connectivity index (χ0) is 17.7. The SMILES string of the molecule is CN1CCn2nc(C(=O)NC3c4ccccc4-c4ccccc43)cc2C1. The molecule has 0 saturated heterocycles. The standard InChI is InChI=1S/C21H20N4O/c1-24-10-11-25-14(13-24)12-19(23-25)21(26)22-20-17-8-4-2-6-15(17)16-7-3-5-9-18(16)20/h2-9,12,20H,10-11,13H2,1H3,(H,22,26). The summed E-state index contributed by atoms with van der Waals surface area (Å²) in [6.45, 7) is 2.61. The quantitative estimate of drug-likeness (QED) is 0.778. The molecule has 5 heteroatoms. The van der Waals surface area contributed by atoms with Gasteiger partial charge in [-0.25, -0.2) is 0 Å². The molecule has 2 aliphatic rings. The molecular formula is C21H20N4O.